The molecule has 17 heavy (non-hydrogen) atoms. The molecule has 1 aliphatic carbocycles. The Balaban J connectivity index is 2.03. The van der Waals surface area contributed by atoms with Gasteiger partial charge < -0.3 is 4.74 Å². The fourth-order valence-corrected chi connectivity index (χ4v) is 3.60. The number of unbranched alkanes of at least 4 members (excludes halogenated alkanes) is 1. The number of ketones is 1. The fraction of sp³-hybridized carbons (Fsp3) is 0.933. The molecule has 98 valence electrons. The smallest absolute Gasteiger partial charge is 0.138 e. The second-order valence-corrected chi connectivity index (χ2v) is 5.67. The molecule has 0 N–H and O–H groups in total. The molecule has 2 heteroatoms. The number of ether oxygens (including phenoxy) is 1. The molecular weight excluding hydrogens is 212 g/mol. The first-order valence-electron chi connectivity index (χ1n) is 7.46. The minimum absolute atomic E-state index is 0.215. The number of hydrogen-bond donors (Lipinski definition) is 0. The summed E-state index contributed by atoms with van der Waals surface area (Å²) < 4.78 is 6.11. The number of Topliss-reactive ketones (excluding diaryl/α,β-unsaturated/α-hetero) is 1. The second kappa shape index (κ2) is 5.99. The summed E-state index contributed by atoms with van der Waals surface area (Å²) in [4.78, 5) is 12.3. The first kappa shape index (κ1) is 13.1. The summed E-state index contributed by atoms with van der Waals surface area (Å²) in [7, 11) is 0. The van der Waals surface area contributed by atoms with E-state index in [4.69, 9.17) is 4.74 Å². The topological polar surface area (TPSA) is 26.3 Å². The third-order valence-corrected chi connectivity index (χ3v) is 4.52. The van der Waals surface area contributed by atoms with Gasteiger partial charge in [0.05, 0.1) is 12.2 Å². The maximum atomic E-state index is 12.3. The minimum atomic E-state index is 0.215. The predicted molar refractivity (Wildman–Crippen MR) is 68.9 cm³/mol. The molecule has 2 aliphatic rings. The molecule has 1 heterocycles. The van der Waals surface area contributed by atoms with Crippen LogP contribution in [0, 0.1) is 11.8 Å². The number of rotatable bonds is 5. The van der Waals surface area contributed by atoms with Gasteiger partial charge in [-0.1, -0.05) is 33.1 Å². The molecule has 2 rings (SSSR count). The van der Waals surface area contributed by atoms with Gasteiger partial charge in [0.2, 0.25) is 0 Å². The zero-order valence-corrected chi connectivity index (χ0v) is 11.3. The molecule has 0 aromatic carbocycles. The molecule has 1 saturated carbocycles. The van der Waals surface area contributed by atoms with Crippen molar-refractivity contribution in [3.05, 3.63) is 0 Å². The van der Waals surface area contributed by atoms with E-state index in [-0.39, 0.29) is 12.0 Å². The normalized spacial score (nSPS) is 36.8. The van der Waals surface area contributed by atoms with E-state index in [2.05, 4.69) is 13.8 Å². The van der Waals surface area contributed by atoms with Gasteiger partial charge in [-0.15, -0.1) is 0 Å². The van der Waals surface area contributed by atoms with Crippen molar-refractivity contribution in [2.75, 3.05) is 0 Å². The van der Waals surface area contributed by atoms with Crippen molar-refractivity contribution in [1.29, 1.82) is 0 Å². The lowest BCUT2D eigenvalue weighted by molar-refractivity contribution is -0.125. The highest BCUT2D eigenvalue weighted by Crippen LogP contribution is 2.43. The van der Waals surface area contributed by atoms with Crippen LogP contribution in [0.2, 0.25) is 0 Å². The van der Waals surface area contributed by atoms with Crippen LogP contribution in [0.15, 0.2) is 0 Å². The van der Waals surface area contributed by atoms with Crippen molar-refractivity contribution in [2.45, 2.75) is 77.4 Å². The van der Waals surface area contributed by atoms with Crippen LogP contribution in [0.4, 0.5) is 0 Å². The van der Waals surface area contributed by atoms with E-state index in [0.29, 0.717) is 17.8 Å². The average Bonchev–Trinajstić information content (AvgIpc) is 2.74. The van der Waals surface area contributed by atoms with Crippen LogP contribution in [0.25, 0.3) is 0 Å². The van der Waals surface area contributed by atoms with Crippen LogP contribution < -0.4 is 0 Å². The summed E-state index contributed by atoms with van der Waals surface area (Å²) in [5, 5.41) is 0. The summed E-state index contributed by atoms with van der Waals surface area (Å²) >= 11 is 0. The van der Waals surface area contributed by atoms with Gasteiger partial charge in [0, 0.05) is 12.3 Å². The number of carbonyl (C=O) groups excluding carboxylic acids is 1. The van der Waals surface area contributed by atoms with E-state index in [0.717, 1.165) is 25.7 Å². The van der Waals surface area contributed by atoms with Crippen molar-refractivity contribution in [3.8, 4) is 0 Å². The van der Waals surface area contributed by atoms with Crippen molar-refractivity contribution in [3.63, 3.8) is 0 Å². The second-order valence-electron chi connectivity index (χ2n) is 5.67. The summed E-state index contributed by atoms with van der Waals surface area (Å²) in [6.45, 7) is 4.31. The molecule has 1 aliphatic heterocycles. The highest BCUT2D eigenvalue weighted by atomic mass is 16.5. The minimum Gasteiger partial charge on any atom is -0.374 e. The number of carbonyl (C=O) groups is 1. The monoisotopic (exact) mass is 238 g/mol. The largest absolute Gasteiger partial charge is 0.374 e. The number of hydrogen-bond acceptors (Lipinski definition) is 2. The summed E-state index contributed by atoms with van der Waals surface area (Å²) in [6, 6.07) is 0. The van der Waals surface area contributed by atoms with Gasteiger partial charge in [0.1, 0.15) is 5.78 Å². The lowest BCUT2D eigenvalue weighted by Crippen LogP contribution is -2.31. The Morgan fingerprint density at radius 1 is 1.24 bits per heavy atom. The summed E-state index contributed by atoms with van der Waals surface area (Å²) in [5.41, 5.74) is 0. The Labute approximate surface area is 105 Å². The zero-order chi connectivity index (χ0) is 12.3. The van der Waals surface area contributed by atoms with Crippen LogP contribution in [0.1, 0.15) is 65.2 Å². The van der Waals surface area contributed by atoms with Crippen molar-refractivity contribution >= 4 is 5.78 Å². The standard InChI is InChI=1S/C15H26O2/c1-3-5-9-12(16)15-11-8-6-7-10-14(11)17-13(15)4-2/h11,13-15H,3-10H2,1-2H3/t11-,13-,14+,15-/m0/s1. The van der Waals surface area contributed by atoms with E-state index in [1.165, 1.54) is 25.7 Å². The molecule has 0 spiro atoms. The molecule has 2 fully saturated rings. The lowest BCUT2D eigenvalue weighted by Gasteiger charge is -2.26. The van der Waals surface area contributed by atoms with Gasteiger partial charge in [-0.2, -0.15) is 0 Å². The molecular formula is C15H26O2. The third kappa shape index (κ3) is 2.73. The maximum absolute atomic E-state index is 12.3. The van der Waals surface area contributed by atoms with E-state index >= 15 is 0 Å². The molecule has 2 nitrogen and oxygen atoms in total. The van der Waals surface area contributed by atoms with E-state index in [1.54, 1.807) is 0 Å². The van der Waals surface area contributed by atoms with Crippen LogP contribution in [-0.4, -0.2) is 18.0 Å². The van der Waals surface area contributed by atoms with Crippen LogP contribution >= 0.6 is 0 Å². The SMILES string of the molecule is CCCCC(=O)[C@@H]1[C@H]2CCCC[C@H]2O[C@H]1CC. The Bertz CT molecular complexity index is 262. The Morgan fingerprint density at radius 3 is 2.71 bits per heavy atom. The van der Waals surface area contributed by atoms with E-state index in [1.807, 2.05) is 0 Å². The van der Waals surface area contributed by atoms with Gasteiger partial charge in [-0.05, 0) is 31.6 Å². The molecule has 0 bridgehead atoms. The van der Waals surface area contributed by atoms with Crippen molar-refractivity contribution < 1.29 is 9.53 Å². The predicted octanol–water partition coefficient (Wildman–Crippen LogP) is 3.73. The molecule has 0 unspecified atom stereocenters. The van der Waals surface area contributed by atoms with Crippen molar-refractivity contribution in [1.82, 2.24) is 0 Å². The third-order valence-electron chi connectivity index (χ3n) is 4.52. The van der Waals surface area contributed by atoms with Crippen LogP contribution in [0.5, 0.6) is 0 Å². The molecule has 0 radical (unpaired) electrons. The van der Waals surface area contributed by atoms with Gasteiger partial charge in [-0.3, -0.25) is 4.79 Å². The highest BCUT2D eigenvalue weighted by molar-refractivity contribution is 5.82. The Kier molecular flexibility index (Phi) is 4.61. The lowest BCUT2D eigenvalue weighted by atomic mass is 9.75. The van der Waals surface area contributed by atoms with E-state index < -0.39 is 0 Å². The quantitative estimate of drug-likeness (QED) is 0.729. The summed E-state index contributed by atoms with van der Waals surface area (Å²) in [6.07, 6.45) is 9.50. The highest BCUT2D eigenvalue weighted by Gasteiger charge is 2.47. The van der Waals surface area contributed by atoms with Crippen LogP contribution in [-0.2, 0) is 9.53 Å². The summed E-state index contributed by atoms with van der Waals surface area (Å²) in [5.74, 6) is 1.24. The zero-order valence-electron chi connectivity index (χ0n) is 11.3. The molecule has 4 atom stereocenters. The van der Waals surface area contributed by atoms with Crippen LogP contribution in [0.3, 0.4) is 0 Å². The number of fused-ring (bicyclic) bond motifs is 1. The molecule has 0 amide bonds. The Hall–Kier alpha value is -0.370. The first-order valence-corrected chi connectivity index (χ1v) is 7.46. The Morgan fingerprint density at radius 2 is 2.00 bits per heavy atom. The van der Waals surface area contributed by atoms with Gasteiger partial charge in [-0.25, -0.2) is 0 Å². The first-order chi connectivity index (χ1) is 8.27. The molecule has 0 aromatic rings. The molecule has 1 saturated heterocycles. The maximum Gasteiger partial charge on any atom is 0.138 e. The van der Waals surface area contributed by atoms with E-state index in [9.17, 15) is 4.79 Å². The molecule has 0 aromatic heterocycles. The van der Waals surface area contributed by atoms with Gasteiger partial charge in [0.25, 0.3) is 0 Å². The fourth-order valence-electron chi connectivity index (χ4n) is 3.60. The van der Waals surface area contributed by atoms with Gasteiger partial charge in [0.15, 0.2) is 0 Å². The van der Waals surface area contributed by atoms with Crippen molar-refractivity contribution in [2.24, 2.45) is 11.8 Å². The average molecular weight is 238 g/mol. The van der Waals surface area contributed by atoms with Gasteiger partial charge >= 0.3 is 0 Å².